The summed E-state index contributed by atoms with van der Waals surface area (Å²) in [7, 11) is 0. The summed E-state index contributed by atoms with van der Waals surface area (Å²) < 4.78 is 0. The Balaban J connectivity index is 1.58. The largest absolute Gasteiger partial charge is 0.507 e. The van der Waals surface area contributed by atoms with Crippen molar-refractivity contribution in [1.29, 1.82) is 0 Å². The minimum Gasteiger partial charge on any atom is -0.507 e. The van der Waals surface area contributed by atoms with Gasteiger partial charge in [0.1, 0.15) is 5.76 Å². The van der Waals surface area contributed by atoms with Gasteiger partial charge >= 0.3 is 0 Å². The number of hydrogen-bond donors (Lipinski definition) is 2. The van der Waals surface area contributed by atoms with Gasteiger partial charge in [-0.2, -0.15) is 0 Å². The number of nitrogens with one attached hydrogen (secondary N) is 1. The molecule has 2 N–H and O–H groups in total. The lowest BCUT2D eigenvalue weighted by atomic mass is 9.99. The van der Waals surface area contributed by atoms with Crippen LogP contribution >= 0.6 is 0 Å². The molecule has 0 atom stereocenters. The zero-order valence-corrected chi connectivity index (χ0v) is 20.1. The van der Waals surface area contributed by atoms with Crippen molar-refractivity contribution in [3.05, 3.63) is 130 Å². The molecule has 34 heavy (non-hydrogen) atoms. The number of rotatable bonds is 8. The van der Waals surface area contributed by atoms with E-state index in [1.54, 1.807) is 0 Å². The third kappa shape index (κ3) is 5.77. The number of aliphatic hydroxyl groups excluding tert-OH is 1. The summed E-state index contributed by atoms with van der Waals surface area (Å²) >= 11 is 0. The second-order valence-electron chi connectivity index (χ2n) is 8.56. The number of aromatic nitrogens is 1. The van der Waals surface area contributed by atoms with Crippen LogP contribution in [-0.2, 0) is 19.3 Å². The highest BCUT2D eigenvalue weighted by Gasteiger charge is 2.07. The molecule has 0 amide bonds. The van der Waals surface area contributed by atoms with E-state index in [2.05, 4.69) is 104 Å². The molecule has 1 aliphatic carbocycles. The summed E-state index contributed by atoms with van der Waals surface area (Å²) in [4.78, 5) is 3.39. The number of benzene rings is 2. The first-order chi connectivity index (χ1) is 16.7. The second-order valence-corrected chi connectivity index (χ2v) is 8.56. The second kappa shape index (κ2) is 11.4. The van der Waals surface area contributed by atoms with E-state index in [-0.39, 0.29) is 5.76 Å². The molecule has 0 unspecified atom stereocenters. The van der Waals surface area contributed by atoms with E-state index in [1.165, 1.54) is 27.9 Å². The summed E-state index contributed by atoms with van der Waals surface area (Å²) in [5.41, 5.74) is 9.23. The zero-order valence-electron chi connectivity index (χ0n) is 20.1. The molecule has 1 aliphatic rings. The van der Waals surface area contributed by atoms with Crippen LogP contribution in [0.25, 0.3) is 23.5 Å². The molecular weight excluding hydrogens is 414 g/mol. The number of allylic oxidation sites excluding steroid dienone is 7. The van der Waals surface area contributed by atoms with Crippen LogP contribution in [0.4, 0.5) is 0 Å². The Hall–Kier alpha value is -3.78. The lowest BCUT2D eigenvalue weighted by molar-refractivity contribution is 0.512. The van der Waals surface area contributed by atoms with Crippen LogP contribution in [0.2, 0.25) is 0 Å². The smallest absolute Gasteiger partial charge is 0.123 e. The molecule has 0 spiro atoms. The number of hydrogen-bond acceptors (Lipinski definition) is 1. The molecule has 1 aromatic heterocycles. The monoisotopic (exact) mass is 447 g/mol. The maximum absolute atomic E-state index is 10.9. The van der Waals surface area contributed by atoms with Gasteiger partial charge < -0.3 is 10.1 Å². The molecule has 2 heteroatoms. The summed E-state index contributed by atoms with van der Waals surface area (Å²) in [6.07, 6.45) is 22.7. The molecule has 0 saturated heterocycles. The molecular formula is C32H33NO. The normalized spacial score (nSPS) is 13.9. The van der Waals surface area contributed by atoms with Crippen molar-refractivity contribution in [2.45, 2.75) is 39.5 Å². The van der Waals surface area contributed by atoms with Crippen LogP contribution in [-0.4, -0.2) is 10.1 Å². The van der Waals surface area contributed by atoms with Gasteiger partial charge in [-0.25, -0.2) is 0 Å². The van der Waals surface area contributed by atoms with E-state index in [9.17, 15) is 5.11 Å². The average molecular weight is 448 g/mol. The van der Waals surface area contributed by atoms with E-state index >= 15 is 0 Å². The Morgan fingerprint density at radius 3 is 2.26 bits per heavy atom. The summed E-state index contributed by atoms with van der Waals surface area (Å²) in [5.74, 6) is 0.283. The molecule has 0 saturated carbocycles. The molecule has 172 valence electrons. The number of H-pyrrole nitrogens is 1. The molecule has 3 aromatic rings. The minimum absolute atomic E-state index is 0.283. The fraction of sp³-hybridized carbons (Fsp3) is 0.188. The number of aryl methyl sites for hydroxylation is 2. The molecule has 2 nitrogen and oxygen atoms in total. The lowest BCUT2D eigenvalue weighted by Crippen LogP contribution is -1.89. The van der Waals surface area contributed by atoms with Crippen LogP contribution in [0.1, 0.15) is 59.3 Å². The van der Waals surface area contributed by atoms with Crippen molar-refractivity contribution in [2.24, 2.45) is 0 Å². The Morgan fingerprint density at radius 1 is 0.912 bits per heavy atom. The molecule has 0 fully saturated rings. The van der Waals surface area contributed by atoms with Crippen LogP contribution in [0.3, 0.4) is 0 Å². The van der Waals surface area contributed by atoms with E-state index < -0.39 is 0 Å². The van der Waals surface area contributed by atoms with E-state index in [4.69, 9.17) is 0 Å². The maximum Gasteiger partial charge on any atom is 0.123 e. The van der Waals surface area contributed by atoms with Crippen molar-refractivity contribution in [2.75, 3.05) is 0 Å². The first-order valence-corrected chi connectivity index (χ1v) is 12.2. The van der Waals surface area contributed by atoms with Crippen LogP contribution < -0.4 is 0 Å². The predicted molar refractivity (Wildman–Crippen MR) is 147 cm³/mol. The van der Waals surface area contributed by atoms with Gasteiger partial charge in [0.15, 0.2) is 0 Å². The number of aliphatic hydroxyl groups is 1. The standard InChI is InChI=1S/C32H33NO/c1-3-24-14-18-26(19-15-24)28(22-32(34)27-20-16-25(4-2)17-21-27)10-8-9-11-29-23-33-31-13-7-5-6-12-30(29)31/h5-7,9-12,14-23,33-34H,3-4,8,13H2,1-2H3/b11-9+,28-10+,32-22-. The van der Waals surface area contributed by atoms with E-state index in [1.807, 2.05) is 18.2 Å². The van der Waals surface area contributed by atoms with Crippen molar-refractivity contribution < 1.29 is 5.11 Å². The Labute approximate surface area is 203 Å². The van der Waals surface area contributed by atoms with Gasteiger partial charge in [0, 0.05) is 29.4 Å². The van der Waals surface area contributed by atoms with E-state index in [0.29, 0.717) is 0 Å². The van der Waals surface area contributed by atoms with Crippen molar-refractivity contribution in [1.82, 2.24) is 4.98 Å². The van der Waals surface area contributed by atoms with Gasteiger partial charge in [0.2, 0.25) is 0 Å². The fourth-order valence-electron chi connectivity index (χ4n) is 4.14. The van der Waals surface area contributed by atoms with Gasteiger partial charge in [-0.3, -0.25) is 0 Å². The molecule has 4 rings (SSSR count). The highest BCUT2D eigenvalue weighted by atomic mass is 16.3. The summed E-state index contributed by atoms with van der Waals surface area (Å²) in [5, 5.41) is 10.9. The molecule has 0 bridgehead atoms. The minimum atomic E-state index is 0.283. The van der Waals surface area contributed by atoms with Gasteiger partial charge in [-0.15, -0.1) is 0 Å². The Kier molecular flexibility index (Phi) is 7.83. The maximum atomic E-state index is 10.9. The van der Waals surface area contributed by atoms with Gasteiger partial charge in [-0.1, -0.05) is 105 Å². The Morgan fingerprint density at radius 2 is 1.59 bits per heavy atom. The molecule has 0 aliphatic heterocycles. The summed E-state index contributed by atoms with van der Waals surface area (Å²) in [6, 6.07) is 16.7. The number of aromatic amines is 1. The van der Waals surface area contributed by atoms with Crippen molar-refractivity contribution >= 4 is 23.5 Å². The zero-order chi connectivity index (χ0) is 23.8. The van der Waals surface area contributed by atoms with Crippen molar-refractivity contribution in [3.63, 3.8) is 0 Å². The van der Waals surface area contributed by atoms with E-state index in [0.717, 1.165) is 42.4 Å². The van der Waals surface area contributed by atoms with Gasteiger partial charge in [0.05, 0.1) is 0 Å². The molecule has 0 radical (unpaired) electrons. The highest BCUT2D eigenvalue weighted by Crippen LogP contribution is 2.24. The van der Waals surface area contributed by atoms with Gasteiger partial charge in [-0.05, 0) is 53.2 Å². The molecule has 1 heterocycles. The molecule has 2 aromatic carbocycles. The first kappa shape index (κ1) is 23.4. The quantitative estimate of drug-likeness (QED) is 0.264. The SMILES string of the molecule is CCc1ccc(/C(O)=C/C(=C\C/C=C/c2c[nH]c3c2C=CC=CC3)c2ccc(CC)cc2)cc1. The fourth-order valence-corrected chi connectivity index (χ4v) is 4.14. The highest BCUT2D eigenvalue weighted by molar-refractivity contribution is 5.81. The predicted octanol–water partition coefficient (Wildman–Crippen LogP) is 8.35. The summed E-state index contributed by atoms with van der Waals surface area (Å²) in [6.45, 7) is 4.30. The van der Waals surface area contributed by atoms with Crippen LogP contribution in [0.5, 0.6) is 0 Å². The average Bonchev–Trinajstić information content (AvgIpc) is 3.11. The first-order valence-electron chi connectivity index (χ1n) is 12.2. The van der Waals surface area contributed by atoms with Crippen molar-refractivity contribution in [3.8, 4) is 0 Å². The Bertz CT molecular complexity index is 1250. The third-order valence-electron chi connectivity index (χ3n) is 6.29. The van der Waals surface area contributed by atoms with Crippen LogP contribution in [0.15, 0.2) is 91.2 Å². The number of fused-ring (bicyclic) bond motifs is 1. The third-order valence-corrected chi connectivity index (χ3v) is 6.29. The van der Waals surface area contributed by atoms with Crippen LogP contribution in [0, 0.1) is 0 Å². The topological polar surface area (TPSA) is 36.0 Å². The van der Waals surface area contributed by atoms with Gasteiger partial charge in [0.25, 0.3) is 0 Å². The lowest BCUT2D eigenvalue weighted by Gasteiger charge is -2.07.